The molecule has 1 heteroatoms. The van der Waals surface area contributed by atoms with Gasteiger partial charge in [-0.1, -0.05) is 110 Å². The van der Waals surface area contributed by atoms with Gasteiger partial charge in [0.05, 0.1) is 7.18 Å². The minimum Gasteiger partial charge on any atom is -0.255 e. The van der Waals surface area contributed by atoms with Gasteiger partial charge in [0.25, 0.3) is 0 Å². The highest BCUT2D eigenvalue weighted by atomic mass is 19.1. The van der Waals surface area contributed by atoms with E-state index in [4.69, 9.17) is 0 Å². The highest BCUT2D eigenvalue weighted by molar-refractivity contribution is 5.83. The van der Waals surface area contributed by atoms with Crippen LogP contribution in [0.4, 0.5) is 4.39 Å². The van der Waals surface area contributed by atoms with E-state index in [1.165, 1.54) is 58.7 Å². The zero-order valence-corrected chi connectivity index (χ0v) is 15.7. The Morgan fingerprint density at radius 1 is 0.536 bits per heavy atom. The topological polar surface area (TPSA) is 0 Å². The Bertz CT molecular complexity index is 772. The van der Waals surface area contributed by atoms with Crippen LogP contribution in [0.15, 0.2) is 60.7 Å². The van der Waals surface area contributed by atoms with Crippen molar-refractivity contribution in [3.63, 3.8) is 0 Å². The molecule has 3 aromatic rings. The second-order valence-electron chi connectivity index (χ2n) is 6.51. The molecule has 3 rings (SSSR count). The molecular weight excluding hydrogens is 343 g/mol. The Morgan fingerprint density at radius 3 is 1.46 bits per heavy atom. The summed E-state index contributed by atoms with van der Waals surface area (Å²) < 4.78 is 9.50. The molecule has 0 unspecified atom stereocenters. The smallest absolute Gasteiger partial charge is 0.0785 e. The lowest BCUT2D eigenvalue weighted by atomic mass is 9.98. The quantitative estimate of drug-likeness (QED) is 0.398. The monoisotopic (exact) mass is 384 g/mol. The average molecular weight is 385 g/mol. The largest absolute Gasteiger partial charge is 0.255 e. The van der Waals surface area contributed by atoms with Gasteiger partial charge in [0.1, 0.15) is 0 Å². The van der Waals surface area contributed by atoms with Crippen molar-refractivity contribution >= 4 is 10.8 Å². The third kappa shape index (κ3) is 7.84. The van der Waals surface area contributed by atoms with Gasteiger partial charge in [0.15, 0.2) is 0 Å². The van der Waals surface area contributed by atoms with Crippen molar-refractivity contribution in [2.24, 2.45) is 0 Å². The molecule has 0 bridgehead atoms. The Hall–Kier alpha value is -2.15. The van der Waals surface area contributed by atoms with E-state index in [-0.39, 0.29) is 22.3 Å². The number of aryl methyl sites for hydroxylation is 2. The lowest BCUT2D eigenvalue weighted by Gasteiger charge is -2.07. The molecule has 3 aromatic carbocycles. The molecule has 0 saturated heterocycles. The van der Waals surface area contributed by atoms with Gasteiger partial charge in [-0.2, -0.15) is 0 Å². The summed E-state index contributed by atoms with van der Waals surface area (Å²) in [5, 5.41) is 2.71. The van der Waals surface area contributed by atoms with Gasteiger partial charge in [-0.15, -0.1) is 0 Å². The van der Waals surface area contributed by atoms with Gasteiger partial charge < -0.3 is 0 Å². The second kappa shape index (κ2) is 14.9. The van der Waals surface area contributed by atoms with Crippen LogP contribution >= 0.6 is 0 Å². The predicted octanol–water partition coefficient (Wildman–Crippen LogP) is 8.83. The fourth-order valence-corrected chi connectivity index (χ4v) is 3.25. The van der Waals surface area contributed by atoms with E-state index in [1.54, 1.807) is 0 Å². The Balaban J connectivity index is 0. The van der Waals surface area contributed by atoms with E-state index in [1.807, 2.05) is 0 Å². The van der Waals surface area contributed by atoms with Crippen LogP contribution in [0, 0.1) is 0 Å². The van der Waals surface area contributed by atoms with Crippen molar-refractivity contribution < 1.29 is 4.39 Å². The summed E-state index contributed by atoms with van der Waals surface area (Å²) in [7, 11) is 0.500. The highest BCUT2D eigenvalue weighted by Crippen LogP contribution is 2.21. The molecule has 0 N–H and O–H groups in total. The molecule has 28 heavy (non-hydrogen) atoms. The summed E-state index contributed by atoms with van der Waals surface area (Å²) >= 11 is 0. The molecule has 0 aliphatic heterocycles. The maximum absolute atomic E-state index is 9.50. The molecule has 0 aliphatic carbocycles. The number of halogens is 1. The standard InChI is InChI=1S/C23H26.CH3F.3CH4/c1-3-5-18-7-9-20(10-8-18)15-21-12-14-22-16-19(6-4-2)11-13-23(22)17-21;1-2;;;/h7-14,16-17H,3-6,15H2,1-2H3;1H3;3*1H4. The Morgan fingerprint density at radius 2 is 0.929 bits per heavy atom. The molecule has 0 atom stereocenters. The Kier molecular flexibility index (Phi) is 14.9. The summed E-state index contributed by atoms with van der Waals surface area (Å²) in [5.74, 6) is 0. The first kappa shape index (κ1) is 28.1. The maximum atomic E-state index is 9.50. The lowest BCUT2D eigenvalue weighted by molar-refractivity contribution is 0.636. The first-order valence-electron chi connectivity index (χ1n) is 9.25. The second-order valence-corrected chi connectivity index (χ2v) is 6.51. The van der Waals surface area contributed by atoms with Crippen LogP contribution in [0.3, 0.4) is 0 Å². The number of fused-ring (bicyclic) bond motifs is 1. The molecular formula is C27H41F. The van der Waals surface area contributed by atoms with Crippen molar-refractivity contribution in [1.29, 1.82) is 0 Å². The summed E-state index contributed by atoms with van der Waals surface area (Å²) in [5.41, 5.74) is 5.67. The molecule has 0 saturated carbocycles. The van der Waals surface area contributed by atoms with Crippen molar-refractivity contribution in [2.45, 2.75) is 68.2 Å². The van der Waals surface area contributed by atoms with Crippen molar-refractivity contribution in [3.8, 4) is 0 Å². The lowest BCUT2D eigenvalue weighted by Crippen LogP contribution is -1.90. The van der Waals surface area contributed by atoms with Crippen LogP contribution in [-0.4, -0.2) is 7.18 Å². The van der Waals surface area contributed by atoms with E-state index in [0.29, 0.717) is 7.18 Å². The van der Waals surface area contributed by atoms with Gasteiger partial charge in [-0.05, 0) is 52.3 Å². The van der Waals surface area contributed by atoms with E-state index in [2.05, 4.69) is 74.5 Å². The van der Waals surface area contributed by atoms with Gasteiger partial charge in [0.2, 0.25) is 0 Å². The molecule has 156 valence electrons. The van der Waals surface area contributed by atoms with Crippen LogP contribution in [-0.2, 0) is 19.3 Å². The molecule has 0 radical (unpaired) electrons. The predicted molar refractivity (Wildman–Crippen MR) is 128 cm³/mol. The normalized spacial score (nSPS) is 9.29. The first-order chi connectivity index (χ1) is 12.3. The van der Waals surface area contributed by atoms with Gasteiger partial charge in [-0.3, -0.25) is 4.39 Å². The summed E-state index contributed by atoms with van der Waals surface area (Å²) in [6.45, 7) is 4.47. The number of hydrogen-bond donors (Lipinski definition) is 0. The van der Waals surface area contributed by atoms with E-state index < -0.39 is 0 Å². The minimum atomic E-state index is 0. The number of benzene rings is 3. The average Bonchev–Trinajstić information content (AvgIpc) is 2.66. The van der Waals surface area contributed by atoms with Gasteiger partial charge in [-0.25, -0.2) is 0 Å². The third-order valence-electron chi connectivity index (χ3n) is 4.48. The van der Waals surface area contributed by atoms with Crippen LogP contribution in [0.25, 0.3) is 10.8 Å². The van der Waals surface area contributed by atoms with E-state index >= 15 is 0 Å². The number of hydrogen-bond acceptors (Lipinski definition) is 0. The fraction of sp³-hybridized carbons (Fsp3) is 0.407. The highest BCUT2D eigenvalue weighted by Gasteiger charge is 2.01. The van der Waals surface area contributed by atoms with E-state index in [0.717, 1.165) is 6.42 Å². The van der Waals surface area contributed by atoms with Gasteiger partial charge >= 0.3 is 0 Å². The molecule has 0 heterocycles. The Labute approximate surface area is 173 Å². The van der Waals surface area contributed by atoms with Crippen LogP contribution in [0.1, 0.15) is 71.2 Å². The van der Waals surface area contributed by atoms with Crippen molar-refractivity contribution in [2.75, 3.05) is 7.18 Å². The molecule has 0 aromatic heterocycles. The number of alkyl halides is 1. The number of rotatable bonds is 6. The minimum absolute atomic E-state index is 0. The van der Waals surface area contributed by atoms with Crippen LogP contribution in [0.2, 0.25) is 0 Å². The van der Waals surface area contributed by atoms with Crippen molar-refractivity contribution in [1.82, 2.24) is 0 Å². The summed E-state index contributed by atoms with van der Waals surface area (Å²) in [4.78, 5) is 0. The van der Waals surface area contributed by atoms with Crippen LogP contribution < -0.4 is 0 Å². The molecule has 0 fully saturated rings. The maximum Gasteiger partial charge on any atom is 0.0785 e. The molecule has 0 nitrogen and oxygen atoms in total. The van der Waals surface area contributed by atoms with E-state index in [9.17, 15) is 4.39 Å². The van der Waals surface area contributed by atoms with Crippen molar-refractivity contribution in [3.05, 3.63) is 82.9 Å². The van der Waals surface area contributed by atoms with Gasteiger partial charge in [0, 0.05) is 0 Å². The SMILES string of the molecule is C.C.C.CCCc1ccc(Cc2ccc3cc(CCC)ccc3c2)cc1.CF. The molecule has 0 amide bonds. The first-order valence-corrected chi connectivity index (χ1v) is 9.25. The summed E-state index contributed by atoms with van der Waals surface area (Å²) in [6.07, 6.45) is 5.78. The molecule has 0 aliphatic rings. The summed E-state index contributed by atoms with van der Waals surface area (Å²) in [6, 6.07) is 22.9. The zero-order chi connectivity index (χ0) is 18.1. The molecule has 0 spiro atoms. The third-order valence-corrected chi connectivity index (χ3v) is 4.48. The van der Waals surface area contributed by atoms with Crippen LogP contribution in [0.5, 0.6) is 0 Å². The zero-order valence-electron chi connectivity index (χ0n) is 15.7. The fourth-order valence-electron chi connectivity index (χ4n) is 3.25.